The van der Waals surface area contributed by atoms with Crippen LogP contribution in [-0.4, -0.2) is 60.4 Å². The van der Waals surface area contributed by atoms with Crippen molar-refractivity contribution in [3.63, 3.8) is 0 Å². The van der Waals surface area contributed by atoms with E-state index >= 15 is 0 Å². The zero-order valence-corrected chi connectivity index (χ0v) is 17.9. The highest BCUT2D eigenvalue weighted by Gasteiger charge is 2.27. The van der Waals surface area contributed by atoms with E-state index in [-0.39, 0.29) is 27.5 Å². The smallest absolute Gasteiger partial charge is 0.350 e. The van der Waals surface area contributed by atoms with Crippen LogP contribution in [0.4, 0.5) is 0 Å². The molecule has 1 aliphatic heterocycles. The summed E-state index contributed by atoms with van der Waals surface area (Å²) < 4.78 is 11.1. The Morgan fingerprint density at radius 1 is 1.07 bits per heavy atom. The Hall–Kier alpha value is -2.55. The van der Waals surface area contributed by atoms with Gasteiger partial charge in [-0.25, -0.2) is 4.79 Å². The van der Waals surface area contributed by atoms with Crippen LogP contribution in [-0.2, 0) is 9.53 Å². The van der Waals surface area contributed by atoms with Crippen LogP contribution in [0.1, 0.15) is 20.2 Å². The molecule has 0 aliphatic carbocycles. The van der Waals surface area contributed by atoms with Gasteiger partial charge in [0, 0.05) is 41.3 Å². The minimum absolute atomic E-state index is 0.210. The number of rotatable bonds is 4. The first-order valence-electron chi connectivity index (χ1n) is 9.09. The van der Waals surface area contributed by atoms with E-state index in [1.54, 1.807) is 40.1 Å². The van der Waals surface area contributed by atoms with Crippen LogP contribution in [0.2, 0.25) is 10.0 Å². The second kappa shape index (κ2) is 8.67. The number of nitrogens with zero attached hydrogens (tertiary/aromatic N) is 2. The second-order valence-electron chi connectivity index (χ2n) is 6.61. The topological polar surface area (TPSA) is 80.1 Å². The molecule has 0 N–H and O–H groups in total. The van der Waals surface area contributed by atoms with E-state index in [9.17, 15) is 14.4 Å². The summed E-state index contributed by atoms with van der Waals surface area (Å²) in [5, 5.41) is 1.54. The fourth-order valence-corrected chi connectivity index (χ4v) is 4.85. The number of thiophene rings is 1. The van der Waals surface area contributed by atoms with E-state index < -0.39 is 12.6 Å². The minimum Gasteiger partial charge on any atom is -0.459 e. The summed E-state index contributed by atoms with van der Waals surface area (Å²) in [6.45, 7) is 1.07. The highest BCUT2D eigenvalue weighted by atomic mass is 35.5. The first-order chi connectivity index (χ1) is 14.4. The van der Waals surface area contributed by atoms with Gasteiger partial charge in [0.2, 0.25) is 0 Å². The molecule has 1 fully saturated rings. The van der Waals surface area contributed by atoms with Gasteiger partial charge >= 0.3 is 5.97 Å². The van der Waals surface area contributed by atoms with Crippen LogP contribution in [0.5, 0.6) is 0 Å². The number of fused-ring (bicyclic) bond motifs is 1. The van der Waals surface area contributed by atoms with Gasteiger partial charge in [-0.05, 0) is 24.3 Å². The molecule has 3 heterocycles. The van der Waals surface area contributed by atoms with Crippen molar-refractivity contribution in [3.8, 4) is 0 Å². The number of furan rings is 1. The van der Waals surface area contributed by atoms with Gasteiger partial charge in [0.1, 0.15) is 4.88 Å². The van der Waals surface area contributed by atoms with Crippen LogP contribution >= 0.6 is 34.5 Å². The van der Waals surface area contributed by atoms with Crippen molar-refractivity contribution in [1.82, 2.24) is 9.80 Å². The maximum Gasteiger partial charge on any atom is 0.350 e. The summed E-state index contributed by atoms with van der Waals surface area (Å²) in [6, 6.07) is 8.41. The first-order valence-corrected chi connectivity index (χ1v) is 10.7. The lowest BCUT2D eigenvalue weighted by molar-refractivity contribution is -0.136. The molecule has 7 nitrogen and oxygen atoms in total. The van der Waals surface area contributed by atoms with Gasteiger partial charge in [0.05, 0.1) is 11.3 Å². The molecule has 30 heavy (non-hydrogen) atoms. The summed E-state index contributed by atoms with van der Waals surface area (Å²) in [4.78, 5) is 40.5. The number of hydrogen-bond donors (Lipinski definition) is 0. The molecule has 0 saturated carbocycles. The molecule has 1 aliphatic rings. The number of hydrogen-bond acceptors (Lipinski definition) is 6. The Labute approximate surface area is 185 Å². The highest BCUT2D eigenvalue weighted by molar-refractivity contribution is 7.21. The predicted octanol–water partition coefficient (Wildman–Crippen LogP) is 3.94. The minimum atomic E-state index is -0.655. The lowest BCUT2D eigenvalue weighted by Gasteiger charge is -2.34. The van der Waals surface area contributed by atoms with E-state index in [1.807, 2.05) is 0 Å². The quantitative estimate of drug-likeness (QED) is 0.543. The zero-order chi connectivity index (χ0) is 21.3. The molecule has 0 radical (unpaired) electrons. The number of amides is 2. The second-order valence-corrected chi connectivity index (χ2v) is 8.48. The zero-order valence-electron chi connectivity index (χ0n) is 15.6. The van der Waals surface area contributed by atoms with Gasteiger partial charge in [-0.3, -0.25) is 9.59 Å². The summed E-state index contributed by atoms with van der Waals surface area (Å²) in [5.74, 6) is -0.922. The van der Waals surface area contributed by atoms with E-state index in [4.69, 9.17) is 32.4 Å². The van der Waals surface area contributed by atoms with Crippen molar-refractivity contribution in [2.24, 2.45) is 0 Å². The molecule has 1 saturated heterocycles. The fourth-order valence-electron chi connectivity index (χ4n) is 3.17. The number of piperazine rings is 1. The van der Waals surface area contributed by atoms with Crippen LogP contribution in [0.15, 0.2) is 41.0 Å². The van der Waals surface area contributed by atoms with Crippen LogP contribution in [0.25, 0.3) is 10.1 Å². The molecule has 10 heteroatoms. The van der Waals surface area contributed by atoms with Crippen molar-refractivity contribution in [3.05, 3.63) is 57.3 Å². The molecular formula is C20H16Cl2N2O5S. The summed E-state index contributed by atoms with van der Waals surface area (Å²) >= 11 is 13.4. The molecule has 0 atom stereocenters. The third-order valence-electron chi connectivity index (χ3n) is 4.76. The Morgan fingerprint density at radius 2 is 1.80 bits per heavy atom. The van der Waals surface area contributed by atoms with E-state index in [0.717, 1.165) is 4.70 Å². The molecule has 3 aromatic rings. The Morgan fingerprint density at radius 3 is 2.50 bits per heavy atom. The fraction of sp³-hybridized carbons (Fsp3) is 0.250. The third kappa shape index (κ3) is 4.16. The molecule has 1 aromatic carbocycles. The van der Waals surface area contributed by atoms with E-state index in [2.05, 4.69) is 0 Å². The van der Waals surface area contributed by atoms with Gasteiger partial charge in [-0.15, -0.1) is 11.3 Å². The highest BCUT2D eigenvalue weighted by Crippen LogP contribution is 2.37. The summed E-state index contributed by atoms with van der Waals surface area (Å²) in [7, 11) is 0. The molecule has 0 bridgehead atoms. The molecule has 156 valence electrons. The lowest BCUT2D eigenvalue weighted by atomic mass is 10.2. The van der Waals surface area contributed by atoms with E-state index in [0.29, 0.717) is 36.6 Å². The molecule has 4 rings (SSSR count). The van der Waals surface area contributed by atoms with Crippen molar-refractivity contribution >= 4 is 62.4 Å². The molecular weight excluding hydrogens is 451 g/mol. The molecule has 0 spiro atoms. The average Bonchev–Trinajstić information content (AvgIpc) is 3.40. The van der Waals surface area contributed by atoms with Gasteiger partial charge in [-0.2, -0.15) is 0 Å². The largest absolute Gasteiger partial charge is 0.459 e. The monoisotopic (exact) mass is 466 g/mol. The van der Waals surface area contributed by atoms with Crippen molar-refractivity contribution < 1.29 is 23.5 Å². The summed E-state index contributed by atoms with van der Waals surface area (Å²) in [5.41, 5.74) is 0. The third-order valence-corrected chi connectivity index (χ3v) is 6.63. The average molecular weight is 467 g/mol. The summed E-state index contributed by atoms with van der Waals surface area (Å²) in [6.07, 6.45) is 1.44. The van der Waals surface area contributed by atoms with Crippen LogP contribution in [0, 0.1) is 0 Å². The Balaban J connectivity index is 1.31. The first kappa shape index (κ1) is 20.7. The maximum atomic E-state index is 12.4. The number of ether oxygens (including phenoxy) is 1. The van der Waals surface area contributed by atoms with Crippen LogP contribution in [0.3, 0.4) is 0 Å². The number of carbonyl (C=O) groups is 3. The normalized spacial score (nSPS) is 14.2. The number of carbonyl (C=O) groups excluding carboxylic acids is 3. The Kier molecular flexibility index (Phi) is 5.99. The standard InChI is InChI=1S/C20H16Cl2N2O5S/c21-12-3-4-13-15(10-12)30-18(17(13)22)20(27)29-11-16(25)23-5-7-24(8-6-23)19(26)14-2-1-9-28-14/h1-4,9-10H,5-8,11H2. The number of esters is 1. The SMILES string of the molecule is O=C(OCC(=O)N1CCN(C(=O)c2ccco2)CC1)c1sc2cc(Cl)ccc2c1Cl. The molecule has 0 unspecified atom stereocenters. The maximum absolute atomic E-state index is 12.4. The Bertz CT molecular complexity index is 1100. The van der Waals surface area contributed by atoms with Crippen LogP contribution < -0.4 is 0 Å². The van der Waals surface area contributed by atoms with Crippen molar-refractivity contribution in [2.45, 2.75) is 0 Å². The van der Waals surface area contributed by atoms with Gasteiger partial charge < -0.3 is 19.0 Å². The lowest BCUT2D eigenvalue weighted by Crippen LogP contribution is -2.51. The molecule has 2 amide bonds. The van der Waals surface area contributed by atoms with Crippen molar-refractivity contribution in [2.75, 3.05) is 32.8 Å². The molecule has 2 aromatic heterocycles. The van der Waals surface area contributed by atoms with E-state index in [1.165, 1.54) is 17.6 Å². The number of benzene rings is 1. The van der Waals surface area contributed by atoms with Gasteiger partial charge in [0.25, 0.3) is 11.8 Å². The predicted molar refractivity (Wildman–Crippen MR) is 113 cm³/mol. The van der Waals surface area contributed by atoms with Gasteiger partial charge in [-0.1, -0.05) is 29.3 Å². The number of halogens is 2. The van der Waals surface area contributed by atoms with Gasteiger partial charge in [0.15, 0.2) is 12.4 Å². The van der Waals surface area contributed by atoms with Crippen molar-refractivity contribution in [1.29, 1.82) is 0 Å².